The van der Waals surface area contributed by atoms with Crippen LogP contribution in [-0.4, -0.2) is 25.3 Å². The van der Waals surface area contributed by atoms with Crippen LogP contribution >= 0.6 is 11.6 Å². The zero-order chi connectivity index (χ0) is 23.6. The number of hydrogen-bond donors (Lipinski definition) is 1. The van der Waals surface area contributed by atoms with Gasteiger partial charge in [0.2, 0.25) is 0 Å². The predicted molar refractivity (Wildman–Crippen MR) is 126 cm³/mol. The lowest BCUT2D eigenvalue weighted by atomic mass is 10.2. The fourth-order valence-corrected chi connectivity index (χ4v) is 3.12. The number of benzene rings is 3. The number of rotatable bonds is 10. The van der Waals surface area contributed by atoms with Crippen LogP contribution in [0.5, 0.6) is 17.2 Å². The van der Waals surface area contributed by atoms with Crippen molar-refractivity contribution in [2.24, 2.45) is 5.10 Å². The Kier molecular flexibility index (Phi) is 8.66. The summed E-state index contributed by atoms with van der Waals surface area (Å²) in [6, 6.07) is 16.2. The summed E-state index contributed by atoms with van der Waals surface area (Å²) in [6.07, 6.45) is 1.42. The summed E-state index contributed by atoms with van der Waals surface area (Å²) in [5.74, 6) is 0.715. The van der Waals surface area contributed by atoms with Gasteiger partial charge in [0.25, 0.3) is 5.91 Å². The molecule has 0 radical (unpaired) electrons. The van der Waals surface area contributed by atoms with Crippen molar-refractivity contribution >= 4 is 23.7 Å². The average molecular weight is 471 g/mol. The van der Waals surface area contributed by atoms with Crippen LogP contribution in [0.4, 0.5) is 4.39 Å². The van der Waals surface area contributed by atoms with E-state index in [1.807, 2.05) is 13.8 Å². The van der Waals surface area contributed by atoms with Crippen LogP contribution < -0.4 is 19.6 Å². The molecule has 0 fully saturated rings. The van der Waals surface area contributed by atoms with E-state index in [-0.39, 0.29) is 12.4 Å². The normalized spacial score (nSPS) is 10.8. The van der Waals surface area contributed by atoms with Crippen LogP contribution in [0.2, 0.25) is 5.02 Å². The van der Waals surface area contributed by atoms with Crippen LogP contribution in [0.25, 0.3) is 0 Å². The molecule has 3 aromatic carbocycles. The molecule has 33 heavy (non-hydrogen) atoms. The average Bonchev–Trinajstić information content (AvgIpc) is 2.81. The lowest BCUT2D eigenvalue weighted by Gasteiger charge is -2.12. The number of ether oxygens (including phenoxy) is 3. The van der Waals surface area contributed by atoms with Gasteiger partial charge in [0.1, 0.15) is 18.2 Å². The minimum absolute atomic E-state index is 0.0356. The maximum atomic E-state index is 13.9. The highest BCUT2D eigenvalue weighted by molar-refractivity contribution is 6.30. The van der Waals surface area contributed by atoms with E-state index < -0.39 is 5.91 Å². The Labute approximate surface area is 196 Å². The summed E-state index contributed by atoms with van der Waals surface area (Å²) >= 11 is 6.09. The first-order valence-electron chi connectivity index (χ1n) is 10.4. The Morgan fingerprint density at radius 2 is 1.70 bits per heavy atom. The number of amides is 1. The number of carbonyl (C=O) groups excluding carboxylic acids is 1. The highest BCUT2D eigenvalue weighted by atomic mass is 35.5. The van der Waals surface area contributed by atoms with Crippen molar-refractivity contribution in [1.82, 2.24) is 5.43 Å². The van der Waals surface area contributed by atoms with Crippen LogP contribution in [0.3, 0.4) is 0 Å². The Morgan fingerprint density at radius 1 is 0.970 bits per heavy atom. The largest absolute Gasteiger partial charge is 0.490 e. The van der Waals surface area contributed by atoms with Crippen LogP contribution in [0, 0.1) is 5.82 Å². The monoisotopic (exact) mass is 470 g/mol. The maximum Gasteiger partial charge on any atom is 0.271 e. The standard InChI is InChI=1S/C25H24ClFN2O4/c1-3-31-23-11-9-17(14-24(23)32-4-2)25(30)29-28-15-19-13-20(26)10-12-22(19)33-16-18-7-5-6-8-21(18)27/h5-15H,3-4,16H2,1-2H3,(H,29,30)/b28-15+. The zero-order valence-corrected chi connectivity index (χ0v) is 19.1. The van der Waals surface area contributed by atoms with Gasteiger partial charge in [0.05, 0.1) is 19.4 Å². The summed E-state index contributed by atoms with van der Waals surface area (Å²) < 4.78 is 30.7. The Morgan fingerprint density at radius 3 is 2.45 bits per heavy atom. The Balaban J connectivity index is 1.70. The van der Waals surface area contributed by atoms with Gasteiger partial charge in [-0.05, 0) is 56.3 Å². The maximum absolute atomic E-state index is 13.9. The van der Waals surface area contributed by atoms with Crippen molar-refractivity contribution < 1.29 is 23.4 Å². The third-order valence-corrected chi connectivity index (χ3v) is 4.72. The van der Waals surface area contributed by atoms with E-state index in [4.69, 9.17) is 25.8 Å². The molecule has 0 aromatic heterocycles. The third-order valence-electron chi connectivity index (χ3n) is 4.49. The molecular formula is C25H24ClFN2O4. The smallest absolute Gasteiger partial charge is 0.271 e. The molecule has 0 saturated heterocycles. The number of halogens is 2. The van der Waals surface area contributed by atoms with E-state index in [1.165, 1.54) is 12.3 Å². The lowest BCUT2D eigenvalue weighted by Crippen LogP contribution is -2.18. The van der Waals surface area contributed by atoms with E-state index in [0.717, 1.165) is 0 Å². The fourth-order valence-electron chi connectivity index (χ4n) is 2.94. The van der Waals surface area contributed by atoms with Gasteiger partial charge < -0.3 is 14.2 Å². The van der Waals surface area contributed by atoms with Crippen molar-refractivity contribution in [2.45, 2.75) is 20.5 Å². The van der Waals surface area contributed by atoms with Crippen molar-refractivity contribution in [3.63, 3.8) is 0 Å². The molecule has 0 unspecified atom stereocenters. The minimum atomic E-state index is -0.425. The molecule has 3 aromatic rings. The number of nitrogens with one attached hydrogen (secondary N) is 1. The van der Waals surface area contributed by atoms with Gasteiger partial charge in [0.15, 0.2) is 11.5 Å². The van der Waals surface area contributed by atoms with Gasteiger partial charge in [-0.2, -0.15) is 5.10 Å². The number of hydrazone groups is 1. The molecule has 0 aliphatic heterocycles. The Bertz CT molecular complexity index is 1140. The van der Waals surface area contributed by atoms with Crippen molar-refractivity contribution in [1.29, 1.82) is 0 Å². The summed E-state index contributed by atoms with van der Waals surface area (Å²) in [5, 5.41) is 4.48. The molecular weight excluding hydrogens is 447 g/mol. The van der Waals surface area contributed by atoms with Gasteiger partial charge in [-0.1, -0.05) is 29.8 Å². The topological polar surface area (TPSA) is 69.2 Å². The van der Waals surface area contributed by atoms with E-state index in [2.05, 4.69) is 10.5 Å². The lowest BCUT2D eigenvalue weighted by molar-refractivity contribution is 0.0954. The highest BCUT2D eigenvalue weighted by Crippen LogP contribution is 2.28. The molecule has 172 valence electrons. The van der Waals surface area contributed by atoms with Crippen molar-refractivity contribution in [3.05, 3.63) is 88.2 Å². The van der Waals surface area contributed by atoms with Crippen LogP contribution in [0.1, 0.15) is 35.3 Å². The highest BCUT2D eigenvalue weighted by Gasteiger charge is 2.11. The van der Waals surface area contributed by atoms with E-state index in [9.17, 15) is 9.18 Å². The summed E-state index contributed by atoms with van der Waals surface area (Å²) in [4.78, 5) is 12.5. The molecule has 0 bridgehead atoms. The zero-order valence-electron chi connectivity index (χ0n) is 18.3. The number of nitrogens with zero attached hydrogens (tertiary/aromatic N) is 1. The molecule has 6 nitrogen and oxygen atoms in total. The SMILES string of the molecule is CCOc1ccc(C(=O)N/N=C/c2cc(Cl)ccc2OCc2ccccc2F)cc1OCC. The second kappa shape index (κ2) is 11.9. The van der Waals surface area contributed by atoms with Gasteiger partial charge in [-0.15, -0.1) is 0 Å². The predicted octanol–water partition coefficient (Wildman–Crippen LogP) is 5.62. The van der Waals surface area contributed by atoms with Gasteiger partial charge in [0, 0.05) is 21.7 Å². The molecule has 0 spiro atoms. The molecule has 0 saturated carbocycles. The molecule has 8 heteroatoms. The first kappa shape index (κ1) is 24.1. The number of carbonyl (C=O) groups is 1. The third kappa shape index (κ3) is 6.70. The quantitative estimate of drug-likeness (QED) is 0.308. The van der Waals surface area contributed by atoms with Gasteiger partial charge in [-0.3, -0.25) is 4.79 Å². The first-order valence-corrected chi connectivity index (χ1v) is 10.8. The van der Waals surface area contributed by atoms with Crippen LogP contribution in [-0.2, 0) is 6.61 Å². The van der Waals surface area contributed by atoms with Gasteiger partial charge in [-0.25, -0.2) is 9.82 Å². The van der Waals surface area contributed by atoms with Gasteiger partial charge >= 0.3 is 0 Å². The fraction of sp³-hybridized carbons (Fsp3) is 0.200. The van der Waals surface area contributed by atoms with E-state index in [1.54, 1.807) is 54.6 Å². The summed E-state index contributed by atoms with van der Waals surface area (Å²) in [6.45, 7) is 4.68. The first-order chi connectivity index (χ1) is 16.0. The second-order valence-corrected chi connectivity index (χ2v) is 7.23. The molecule has 0 heterocycles. The number of hydrogen-bond acceptors (Lipinski definition) is 5. The van der Waals surface area contributed by atoms with Crippen molar-refractivity contribution in [3.8, 4) is 17.2 Å². The van der Waals surface area contributed by atoms with E-state index >= 15 is 0 Å². The molecule has 1 amide bonds. The van der Waals surface area contributed by atoms with Crippen molar-refractivity contribution in [2.75, 3.05) is 13.2 Å². The summed E-state index contributed by atoms with van der Waals surface area (Å²) in [7, 11) is 0. The molecule has 0 aliphatic rings. The van der Waals surface area contributed by atoms with Crippen LogP contribution in [0.15, 0.2) is 65.8 Å². The Hall–Kier alpha value is -3.58. The second-order valence-electron chi connectivity index (χ2n) is 6.79. The molecule has 1 N–H and O–H groups in total. The molecule has 3 rings (SSSR count). The molecule has 0 atom stereocenters. The van der Waals surface area contributed by atoms with E-state index in [0.29, 0.717) is 52.2 Å². The minimum Gasteiger partial charge on any atom is -0.490 e. The summed E-state index contributed by atoms with van der Waals surface area (Å²) in [5.41, 5.74) is 3.78. The molecule has 0 aliphatic carbocycles.